The molecule has 1 aromatic heterocycles. The first kappa shape index (κ1) is 20.4. The van der Waals surface area contributed by atoms with Crippen LogP contribution in [-0.2, 0) is 0 Å². The van der Waals surface area contributed by atoms with Crippen LogP contribution in [0.3, 0.4) is 0 Å². The smallest absolute Gasteiger partial charge is 0.258 e. The highest BCUT2D eigenvalue weighted by atomic mass is 35.5. The average Bonchev–Trinajstić information content (AvgIpc) is 2.65. The number of aliphatic hydroxyl groups excluding tert-OH is 1. The highest BCUT2D eigenvalue weighted by Gasteiger charge is 2.35. The van der Waals surface area contributed by atoms with Gasteiger partial charge in [-0.3, -0.25) is 9.36 Å². The lowest BCUT2D eigenvalue weighted by atomic mass is 9.68. The third-order valence-corrected chi connectivity index (χ3v) is 6.67. The zero-order valence-corrected chi connectivity index (χ0v) is 17.4. The fraction of sp³-hybridized carbons (Fsp3) is 0.524. The summed E-state index contributed by atoms with van der Waals surface area (Å²) in [7, 11) is 0. The van der Waals surface area contributed by atoms with Gasteiger partial charge in [-0.15, -0.1) is 0 Å². The summed E-state index contributed by atoms with van der Waals surface area (Å²) in [6, 6.07) is 6.86. The lowest BCUT2D eigenvalue weighted by molar-refractivity contribution is 0.0658. The molecule has 1 aromatic carbocycles. The van der Waals surface area contributed by atoms with Gasteiger partial charge in [0.1, 0.15) is 5.82 Å². The summed E-state index contributed by atoms with van der Waals surface area (Å²) in [6.45, 7) is 4.23. The van der Waals surface area contributed by atoms with Gasteiger partial charge in [0.05, 0.1) is 21.4 Å². The minimum Gasteiger partial charge on any atom is -0.396 e. The van der Waals surface area contributed by atoms with E-state index in [0.29, 0.717) is 21.6 Å². The van der Waals surface area contributed by atoms with Gasteiger partial charge in [-0.05, 0) is 56.6 Å². The second-order valence-electron chi connectivity index (χ2n) is 7.66. The predicted molar refractivity (Wildman–Crippen MR) is 110 cm³/mol. The van der Waals surface area contributed by atoms with Crippen molar-refractivity contribution >= 4 is 23.2 Å². The molecule has 3 rings (SSSR count). The van der Waals surface area contributed by atoms with Crippen LogP contribution < -0.4 is 5.56 Å². The minimum absolute atomic E-state index is 0.0452. The van der Waals surface area contributed by atoms with Crippen LogP contribution in [0.25, 0.3) is 5.69 Å². The number of nitrogens with zero attached hydrogens (tertiary/aromatic N) is 2. The summed E-state index contributed by atoms with van der Waals surface area (Å²) in [5, 5.41) is 10.6. The first-order valence-corrected chi connectivity index (χ1v) is 10.3. The Hall–Kier alpha value is -1.36. The van der Waals surface area contributed by atoms with Crippen LogP contribution in [0.5, 0.6) is 0 Å². The highest BCUT2D eigenvalue weighted by Crippen LogP contribution is 2.45. The van der Waals surface area contributed by atoms with Crippen molar-refractivity contribution in [3.8, 4) is 5.69 Å². The molecular weight excluding hydrogens is 383 g/mol. The van der Waals surface area contributed by atoms with E-state index in [1.165, 1.54) is 4.57 Å². The van der Waals surface area contributed by atoms with E-state index in [1.54, 1.807) is 24.3 Å². The second-order valence-corrected chi connectivity index (χ2v) is 8.44. The second kappa shape index (κ2) is 8.34. The van der Waals surface area contributed by atoms with Gasteiger partial charge in [0.15, 0.2) is 0 Å². The monoisotopic (exact) mass is 408 g/mol. The molecule has 2 aromatic rings. The molecule has 0 bridgehead atoms. The number of aryl methyl sites for hydroxylation is 1. The van der Waals surface area contributed by atoms with Gasteiger partial charge in [0, 0.05) is 18.6 Å². The molecule has 1 aliphatic carbocycles. The van der Waals surface area contributed by atoms with Crippen LogP contribution in [0.1, 0.15) is 62.9 Å². The molecule has 1 aliphatic rings. The molecule has 0 aliphatic heterocycles. The Morgan fingerprint density at radius 1 is 1.30 bits per heavy atom. The maximum atomic E-state index is 12.8. The van der Waals surface area contributed by atoms with E-state index in [2.05, 4.69) is 6.92 Å². The van der Waals surface area contributed by atoms with Crippen LogP contribution in [0.2, 0.25) is 10.0 Å². The van der Waals surface area contributed by atoms with Gasteiger partial charge < -0.3 is 5.11 Å². The van der Waals surface area contributed by atoms with Crippen LogP contribution in [0, 0.1) is 12.3 Å². The van der Waals surface area contributed by atoms with Crippen molar-refractivity contribution in [2.24, 2.45) is 5.41 Å². The largest absolute Gasteiger partial charge is 0.396 e. The predicted octanol–water partition coefficient (Wildman–Crippen LogP) is 5.28. The summed E-state index contributed by atoms with van der Waals surface area (Å²) in [4.78, 5) is 17.6. The molecular formula is C21H26Cl2N2O2. The van der Waals surface area contributed by atoms with E-state index >= 15 is 0 Å². The molecule has 1 saturated carbocycles. The zero-order chi connectivity index (χ0) is 19.6. The zero-order valence-electron chi connectivity index (χ0n) is 15.8. The molecule has 1 N–H and O–H groups in total. The summed E-state index contributed by atoms with van der Waals surface area (Å²) >= 11 is 12.4. The minimum atomic E-state index is -0.144. The van der Waals surface area contributed by atoms with Crippen LogP contribution in [-0.4, -0.2) is 21.3 Å². The maximum Gasteiger partial charge on any atom is 0.258 e. The van der Waals surface area contributed by atoms with Crippen LogP contribution >= 0.6 is 23.2 Å². The molecule has 4 nitrogen and oxygen atoms in total. The van der Waals surface area contributed by atoms with E-state index in [0.717, 1.165) is 44.2 Å². The van der Waals surface area contributed by atoms with Crippen LogP contribution in [0.4, 0.5) is 0 Å². The number of rotatable bonds is 5. The van der Waals surface area contributed by atoms with Crippen molar-refractivity contribution in [2.75, 3.05) is 6.61 Å². The van der Waals surface area contributed by atoms with Crippen LogP contribution in [0.15, 0.2) is 29.1 Å². The molecule has 1 fully saturated rings. The Morgan fingerprint density at radius 2 is 2.00 bits per heavy atom. The molecule has 0 atom stereocenters. The molecule has 6 heteroatoms. The van der Waals surface area contributed by atoms with Crippen molar-refractivity contribution in [1.82, 2.24) is 9.55 Å². The van der Waals surface area contributed by atoms with Gasteiger partial charge in [-0.1, -0.05) is 42.6 Å². The SMILES string of the molecule is CCCC1(CO)CCC(c2cc(=O)n(-c3cccc(Cl)c3Cl)c(C)n2)CC1. The molecule has 0 saturated heterocycles. The van der Waals surface area contributed by atoms with E-state index in [9.17, 15) is 9.90 Å². The Balaban J connectivity index is 1.88. The number of halogens is 2. The van der Waals surface area contributed by atoms with E-state index in [1.807, 2.05) is 6.92 Å². The Labute approximate surface area is 170 Å². The molecule has 1 heterocycles. The van der Waals surface area contributed by atoms with Crippen molar-refractivity contribution in [3.63, 3.8) is 0 Å². The summed E-state index contributed by atoms with van der Waals surface area (Å²) in [5.74, 6) is 0.867. The third-order valence-electron chi connectivity index (χ3n) is 5.86. The number of hydrogen-bond donors (Lipinski definition) is 1. The highest BCUT2D eigenvalue weighted by molar-refractivity contribution is 6.43. The van der Waals surface area contributed by atoms with Gasteiger partial charge in [0.25, 0.3) is 5.56 Å². The van der Waals surface area contributed by atoms with E-state index in [4.69, 9.17) is 28.2 Å². The van der Waals surface area contributed by atoms with Crippen molar-refractivity contribution < 1.29 is 5.11 Å². The summed E-state index contributed by atoms with van der Waals surface area (Å²) in [6.07, 6.45) is 6.00. The van der Waals surface area contributed by atoms with Gasteiger partial charge in [-0.2, -0.15) is 0 Å². The topological polar surface area (TPSA) is 55.1 Å². The number of aromatic nitrogens is 2. The maximum absolute atomic E-state index is 12.8. The standard InChI is InChI=1S/C21H26Cl2N2O2/c1-3-9-21(13-26)10-7-15(8-11-21)17-12-19(27)25(14(2)24-17)18-6-4-5-16(22)20(18)23/h4-6,12,15,26H,3,7-11,13H2,1-2H3. The fourth-order valence-corrected chi connectivity index (χ4v) is 4.71. The van der Waals surface area contributed by atoms with Gasteiger partial charge in [0.2, 0.25) is 0 Å². The van der Waals surface area contributed by atoms with E-state index < -0.39 is 0 Å². The number of benzene rings is 1. The first-order valence-electron chi connectivity index (χ1n) is 9.56. The normalized spacial score (nSPS) is 22.8. The van der Waals surface area contributed by atoms with Crippen molar-refractivity contribution in [3.05, 3.63) is 56.2 Å². The lowest BCUT2D eigenvalue weighted by Crippen LogP contribution is -2.31. The molecule has 0 radical (unpaired) electrons. The number of aliphatic hydroxyl groups is 1. The Kier molecular flexibility index (Phi) is 6.29. The molecule has 0 amide bonds. The fourth-order valence-electron chi connectivity index (χ4n) is 4.33. The molecule has 146 valence electrons. The quantitative estimate of drug-likeness (QED) is 0.731. The van der Waals surface area contributed by atoms with Crippen molar-refractivity contribution in [1.29, 1.82) is 0 Å². The summed E-state index contributed by atoms with van der Waals surface area (Å²) in [5.41, 5.74) is 1.30. The molecule has 0 unspecified atom stereocenters. The molecule has 0 spiro atoms. The summed E-state index contributed by atoms with van der Waals surface area (Å²) < 4.78 is 1.51. The number of hydrogen-bond acceptors (Lipinski definition) is 3. The van der Waals surface area contributed by atoms with E-state index in [-0.39, 0.29) is 23.5 Å². The van der Waals surface area contributed by atoms with Crippen molar-refractivity contribution in [2.45, 2.75) is 58.3 Å². The lowest BCUT2D eigenvalue weighted by Gasteiger charge is -2.38. The third kappa shape index (κ3) is 4.08. The molecule has 27 heavy (non-hydrogen) atoms. The first-order chi connectivity index (χ1) is 12.9. The Morgan fingerprint density at radius 3 is 2.59 bits per heavy atom. The van der Waals surface area contributed by atoms with Gasteiger partial charge >= 0.3 is 0 Å². The Bertz CT molecular complexity index is 871. The van der Waals surface area contributed by atoms with Gasteiger partial charge in [-0.25, -0.2) is 4.98 Å². The average molecular weight is 409 g/mol.